The van der Waals surface area contributed by atoms with E-state index >= 15 is 0 Å². The Balaban J connectivity index is 1.65. The largest absolute Gasteiger partial charge is 0.465 e. The van der Waals surface area contributed by atoms with Crippen LogP contribution in [-0.2, 0) is 10.7 Å². The van der Waals surface area contributed by atoms with Crippen LogP contribution in [0, 0.1) is 5.92 Å². The van der Waals surface area contributed by atoms with Crippen molar-refractivity contribution in [2.24, 2.45) is 5.92 Å². The molecule has 1 aliphatic carbocycles. The highest BCUT2D eigenvalue weighted by Crippen LogP contribution is 2.40. The summed E-state index contributed by atoms with van der Waals surface area (Å²) in [7, 11) is 1.23. The number of fused-ring (bicyclic) bond motifs is 1. The van der Waals surface area contributed by atoms with Crippen LogP contribution in [0.2, 0.25) is 0 Å². The van der Waals surface area contributed by atoms with Crippen LogP contribution in [0.15, 0.2) is 30.3 Å². The van der Waals surface area contributed by atoms with E-state index in [-0.39, 0.29) is 29.5 Å². The Labute approximate surface area is 199 Å². The van der Waals surface area contributed by atoms with Gasteiger partial charge >= 0.3 is 5.97 Å². The molecule has 4 rings (SSSR count). The number of rotatable bonds is 6. The fourth-order valence-electron chi connectivity index (χ4n) is 4.13. The first kappa shape index (κ1) is 24.2. The number of thiazole rings is 1. The van der Waals surface area contributed by atoms with Gasteiger partial charge in [0.25, 0.3) is 11.8 Å². The van der Waals surface area contributed by atoms with Crippen LogP contribution in [0.3, 0.4) is 0 Å². The molecular formula is C24H25F2N3O4S. The molecular weight excluding hydrogens is 464 g/mol. The minimum Gasteiger partial charge on any atom is -0.465 e. The summed E-state index contributed by atoms with van der Waals surface area (Å²) >= 11 is 1.49. The number of methoxy groups -OCH3 is 1. The van der Waals surface area contributed by atoms with Crippen LogP contribution < -0.4 is 5.32 Å². The van der Waals surface area contributed by atoms with Crippen LogP contribution in [0.5, 0.6) is 0 Å². The smallest absolute Gasteiger partial charge is 0.340 e. The third-order valence-corrected chi connectivity index (χ3v) is 7.26. The van der Waals surface area contributed by atoms with E-state index in [1.807, 2.05) is 0 Å². The number of benzene rings is 1. The fourth-order valence-corrected chi connectivity index (χ4v) is 5.29. The molecule has 1 fully saturated rings. The molecule has 1 aliphatic rings. The van der Waals surface area contributed by atoms with Crippen molar-refractivity contribution in [1.29, 1.82) is 0 Å². The molecule has 2 heterocycles. The van der Waals surface area contributed by atoms with Gasteiger partial charge in [-0.15, -0.1) is 11.3 Å². The van der Waals surface area contributed by atoms with Gasteiger partial charge in [-0.2, -0.15) is 8.78 Å². The number of pyridine rings is 1. The Kier molecular flexibility index (Phi) is 6.90. The van der Waals surface area contributed by atoms with Crippen molar-refractivity contribution in [3.05, 3.63) is 52.3 Å². The van der Waals surface area contributed by atoms with Gasteiger partial charge in [0.05, 0.1) is 33.6 Å². The van der Waals surface area contributed by atoms with Gasteiger partial charge in [-0.1, -0.05) is 6.07 Å². The Hall–Kier alpha value is -2.98. The Morgan fingerprint density at radius 3 is 2.59 bits per heavy atom. The fraction of sp³-hybridized carbons (Fsp3) is 0.417. The van der Waals surface area contributed by atoms with E-state index in [1.54, 1.807) is 12.1 Å². The normalized spacial score (nSPS) is 18.6. The first-order chi connectivity index (χ1) is 16.2. The van der Waals surface area contributed by atoms with Crippen molar-refractivity contribution in [2.45, 2.75) is 44.4 Å². The zero-order valence-corrected chi connectivity index (χ0v) is 19.6. The molecule has 1 saturated carbocycles. The number of hydrogen-bond acceptors (Lipinski definition) is 7. The molecule has 1 amide bonds. The number of ether oxygens (including phenoxy) is 1. The van der Waals surface area contributed by atoms with Crippen molar-refractivity contribution in [1.82, 2.24) is 9.97 Å². The molecule has 2 aromatic heterocycles. The van der Waals surface area contributed by atoms with Crippen LogP contribution in [0.4, 0.5) is 14.5 Å². The molecule has 0 unspecified atom stereocenters. The molecule has 34 heavy (non-hydrogen) atoms. The van der Waals surface area contributed by atoms with E-state index in [9.17, 15) is 23.5 Å². The van der Waals surface area contributed by atoms with Gasteiger partial charge in [-0.3, -0.25) is 4.79 Å². The van der Waals surface area contributed by atoms with Crippen LogP contribution >= 0.6 is 11.3 Å². The zero-order chi connectivity index (χ0) is 24.5. The number of anilines is 1. The number of aliphatic hydroxyl groups is 1. The molecule has 2 N–H and O–H groups in total. The topological polar surface area (TPSA) is 101 Å². The number of aromatic nitrogens is 2. The van der Waals surface area contributed by atoms with Gasteiger partial charge in [0, 0.05) is 19.4 Å². The highest BCUT2D eigenvalue weighted by molar-refractivity contribution is 7.18. The molecule has 10 heteroatoms. The van der Waals surface area contributed by atoms with Crippen molar-refractivity contribution in [2.75, 3.05) is 19.0 Å². The average Bonchev–Trinajstić information content (AvgIpc) is 3.25. The minimum atomic E-state index is -3.19. The number of alkyl halides is 2. The Bertz CT molecular complexity index is 1220. The Morgan fingerprint density at radius 1 is 1.21 bits per heavy atom. The molecule has 1 aromatic carbocycles. The maximum Gasteiger partial charge on any atom is 0.340 e. The molecule has 0 atom stereocenters. The molecule has 0 spiro atoms. The van der Waals surface area contributed by atoms with Crippen LogP contribution in [-0.4, -0.2) is 40.7 Å². The number of carbonyl (C=O) groups excluding carboxylic acids is 2. The lowest BCUT2D eigenvalue weighted by atomic mass is 9.83. The van der Waals surface area contributed by atoms with Crippen molar-refractivity contribution >= 4 is 39.1 Å². The second-order valence-electron chi connectivity index (χ2n) is 8.56. The Morgan fingerprint density at radius 2 is 1.94 bits per heavy atom. The highest BCUT2D eigenvalue weighted by Gasteiger charge is 2.28. The summed E-state index contributed by atoms with van der Waals surface area (Å²) in [5.41, 5.74) is 0.209. The molecule has 180 valence electrons. The lowest BCUT2D eigenvalue weighted by molar-refractivity contribution is 0.0126. The van der Waals surface area contributed by atoms with Gasteiger partial charge in [0.1, 0.15) is 11.4 Å². The predicted octanol–water partition coefficient (Wildman–Crippen LogP) is 5.11. The zero-order valence-electron chi connectivity index (χ0n) is 18.8. The van der Waals surface area contributed by atoms with E-state index in [0.717, 1.165) is 41.5 Å². The number of carbonyl (C=O) groups is 2. The summed E-state index contributed by atoms with van der Waals surface area (Å²) in [5.74, 6) is -3.96. The third kappa shape index (κ3) is 5.07. The quantitative estimate of drug-likeness (QED) is 0.467. The van der Waals surface area contributed by atoms with Crippen molar-refractivity contribution in [3.8, 4) is 0 Å². The van der Waals surface area contributed by atoms with E-state index < -0.39 is 23.5 Å². The maximum atomic E-state index is 13.6. The summed E-state index contributed by atoms with van der Waals surface area (Å²) < 4.78 is 32.9. The second kappa shape index (κ2) is 9.71. The molecule has 7 nitrogen and oxygen atoms in total. The lowest BCUT2D eigenvalue weighted by Gasteiger charge is -2.25. The second-order valence-corrected chi connectivity index (χ2v) is 9.62. The SMILES string of the molecule is COC(=O)c1cc2nc(C3CCC(CO)CC3)sc2cc1NC(=O)c1cccc(C(C)(F)F)n1. The van der Waals surface area contributed by atoms with E-state index in [2.05, 4.69) is 10.3 Å². The standard InChI is InChI=1S/C24H25F2N3O4S/c1-24(25,26)20-5-3-4-16(27-20)21(31)28-17-11-19-18(10-15(17)23(32)33-2)29-22(34-19)14-8-6-13(12-30)7-9-14/h3-5,10-11,13-14,30H,6-9,12H2,1-2H3,(H,28,31). The summed E-state index contributed by atoms with van der Waals surface area (Å²) in [4.78, 5) is 33.7. The van der Waals surface area contributed by atoms with Gasteiger partial charge in [-0.25, -0.2) is 14.8 Å². The summed E-state index contributed by atoms with van der Waals surface area (Å²) in [6.45, 7) is 0.906. The van der Waals surface area contributed by atoms with Gasteiger partial charge in [-0.05, 0) is 55.9 Å². The molecule has 0 aliphatic heterocycles. The number of hydrogen-bond donors (Lipinski definition) is 2. The predicted molar refractivity (Wildman–Crippen MR) is 125 cm³/mol. The lowest BCUT2D eigenvalue weighted by Crippen LogP contribution is -2.19. The number of nitrogens with one attached hydrogen (secondary N) is 1. The number of esters is 1. The van der Waals surface area contributed by atoms with Gasteiger partial charge in [0.2, 0.25) is 0 Å². The van der Waals surface area contributed by atoms with Crippen molar-refractivity contribution < 1.29 is 28.2 Å². The van der Waals surface area contributed by atoms with E-state index in [0.29, 0.717) is 18.4 Å². The number of amides is 1. The number of aliphatic hydroxyl groups excluding tert-OH is 1. The molecule has 0 bridgehead atoms. The van der Waals surface area contributed by atoms with Gasteiger partial charge < -0.3 is 15.2 Å². The van der Waals surface area contributed by atoms with Crippen molar-refractivity contribution in [3.63, 3.8) is 0 Å². The summed E-state index contributed by atoms with van der Waals surface area (Å²) in [6.07, 6.45) is 3.74. The monoisotopic (exact) mass is 489 g/mol. The molecule has 3 aromatic rings. The van der Waals surface area contributed by atoms with Crippen LogP contribution in [0.25, 0.3) is 10.2 Å². The van der Waals surface area contributed by atoms with Gasteiger partial charge in [0.15, 0.2) is 0 Å². The molecule has 0 saturated heterocycles. The maximum absolute atomic E-state index is 13.6. The summed E-state index contributed by atoms with van der Waals surface area (Å²) in [5, 5.41) is 12.9. The third-order valence-electron chi connectivity index (χ3n) is 6.08. The van der Waals surface area contributed by atoms with Crippen LogP contribution in [0.1, 0.15) is 70.1 Å². The summed E-state index contributed by atoms with van der Waals surface area (Å²) in [6, 6.07) is 7.03. The minimum absolute atomic E-state index is 0.112. The van der Waals surface area contributed by atoms with E-state index in [1.165, 1.54) is 30.6 Å². The first-order valence-corrected chi connectivity index (χ1v) is 11.8. The number of nitrogens with zero attached hydrogens (tertiary/aromatic N) is 2. The first-order valence-electron chi connectivity index (χ1n) is 11.0. The number of halogens is 2. The molecule has 0 radical (unpaired) electrons. The van der Waals surface area contributed by atoms with E-state index in [4.69, 9.17) is 9.72 Å². The highest BCUT2D eigenvalue weighted by atomic mass is 32.1. The average molecular weight is 490 g/mol.